The zero-order chi connectivity index (χ0) is 35.6. The predicted molar refractivity (Wildman–Crippen MR) is 197 cm³/mol. The van der Waals surface area contributed by atoms with Crippen LogP contribution in [0, 0.1) is 0 Å². The zero-order valence-corrected chi connectivity index (χ0v) is 28.6. The number of aromatic nitrogens is 8. The summed E-state index contributed by atoms with van der Waals surface area (Å²) in [4.78, 5) is 34.8. The van der Waals surface area contributed by atoms with E-state index in [4.69, 9.17) is 18.9 Å². The van der Waals surface area contributed by atoms with Crippen LogP contribution in [0.15, 0.2) is 111 Å². The summed E-state index contributed by atoms with van der Waals surface area (Å²) in [7, 11) is 6.61. The van der Waals surface area contributed by atoms with Gasteiger partial charge in [-0.1, -0.05) is 0 Å². The highest BCUT2D eigenvalue weighted by molar-refractivity contribution is 6.18. The second-order valence-electron chi connectivity index (χ2n) is 11.6. The SMILES string of the molecule is COc1ccc(-c2cncnc2)c2c(OC)c(-c3cc(-c4cncnc4)c4c(OC)ccc(-c5cncnc5)c4c3OC)cc(-c3cncnc3)c12. The molecule has 12 nitrogen and oxygen atoms in total. The van der Waals surface area contributed by atoms with E-state index in [1.54, 1.807) is 78.0 Å². The van der Waals surface area contributed by atoms with Crippen LogP contribution >= 0.6 is 0 Å². The fourth-order valence-corrected chi connectivity index (χ4v) is 6.86. The van der Waals surface area contributed by atoms with Crippen molar-refractivity contribution in [2.45, 2.75) is 0 Å². The topological polar surface area (TPSA) is 140 Å². The number of nitrogens with zero attached hydrogens (tertiary/aromatic N) is 8. The van der Waals surface area contributed by atoms with Crippen molar-refractivity contribution >= 4 is 21.5 Å². The van der Waals surface area contributed by atoms with Gasteiger partial charge in [-0.25, -0.2) is 39.9 Å². The monoisotopic (exact) mass is 686 g/mol. The normalized spacial score (nSPS) is 11.1. The Morgan fingerprint density at radius 2 is 0.635 bits per heavy atom. The van der Waals surface area contributed by atoms with E-state index in [-0.39, 0.29) is 0 Å². The molecule has 52 heavy (non-hydrogen) atoms. The third-order valence-corrected chi connectivity index (χ3v) is 9.02. The molecule has 0 bridgehead atoms. The number of fused-ring (bicyclic) bond motifs is 2. The molecule has 0 unspecified atom stereocenters. The van der Waals surface area contributed by atoms with Gasteiger partial charge in [-0.15, -0.1) is 0 Å². The van der Waals surface area contributed by atoms with Gasteiger partial charge < -0.3 is 18.9 Å². The van der Waals surface area contributed by atoms with Crippen LogP contribution in [0.2, 0.25) is 0 Å². The number of ether oxygens (including phenoxy) is 4. The zero-order valence-electron chi connectivity index (χ0n) is 28.6. The van der Waals surface area contributed by atoms with Crippen LogP contribution < -0.4 is 18.9 Å². The molecule has 0 spiro atoms. The molecule has 0 fully saturated rings. The van der Waals surface area contributed by atoms with E-state index >= 15 is 0 Å². The van der Waals surface area contributed by atoms with Crippen LogP contribution in [0.3, 0.4) is 0 Å². The molecule has 0 aliphatic rings. The van der Waals surface area contributed by atoms with Gasteiger partial charge in [0.15, 0.2) is 0 Å². The maximum atomic E-state index is 6.43. The van der Waals surface area contributed by atoms with E-state index in [1.807, 2.05) is 24.3 Å². The lowest BCUT2D eigenvalue weighted by atomic mass is 9.85. The van der Waals surface area contributed by atoms with E-state index in [9.17, 15) is 0 Å². The second-order valence-corrected chi connectivity index (χ2v) is 11.6. The van der Waals surface area contributed by atoms with Crippen molar-refractivity contribution in [1.29, 1.82) is 0 Å². The number of rotatable bonds is 9. The maximum absolute atomic E-state index is 6.43. The van der Waals surface area contributed by atoms with Crippen LogP contribution in [0.25, 0.3) is 77.2 Å². The van der Waals surface area contributed by atoms with Crippen molar-refractivity contribution in [3.8, 4) is 78.6 Å². The Hall–Kier alpha value is -7.08. The van der Waals surface area contributed by atoms with Gasteiger partial charge in [0.1, 0.15) is 48.3 Å². The van der Waals surface area contributed by atoms with E-state index in [0.29, 0.717) is 23.0 Å². The highest BCUT2D eigenvalue weighted by atomic mass is 16.5. The molecule has 0 N–H and O–H groups in total. The molecular weight excluding hydrogens is 656 g/mol. The Morgan fingerprint density at radius 1 is 0.327 bits per heavy atom. The first kappa shape index (κ1) is 32.1. The molecule has 4 aromatic carbocycles. The largest absolute Gasteiger partial charge is 0.496 e. The quantitative estimate of drug-likeness (QED) is 0.148. The molecule has 0 radical (unpaired) electrons. The molecule has 0 aliphatic carbocycles. The fraction of sp³-hybridized carbons (Fsp3) is 0.100. The summed E-state index contributed by atoms with van der Waals surface area (Å²) in [6, 6.07) is 12.0. The van der Waals surface area contributed by atoms with Crippen molar-refractivity contribution in [3.63, 3.8) is 0 Å². The summed E-state index contributed by atoms with van der Waals surface area (Å²) in [5.41, 5.74) is 7.92. The van der Waals surface area contributed by atoms with Crippen LogP contribution in [0.1, 0.15) is 0 Å². The van der Waals surface area contributed by atoms with Crippen molar-refractivity contribution < 1.29 is 18.9 Å². The van der Waals surface area contributed by atoms with Gasteiger partial charge >= 0.3 is 0 Å². The Kier molecular flexibility index (Phi) is 8.45. The smallest absolute Gasteiger partial charge is 0.135 e. The molecule has 0 saturated carbocycles. The lowest BCUT2D eigenvalue weighted by Gasteiger charge is -2.24. The third-order valence-electron chi connectivity index (χ3n) is 9.02. The molecule has 8 rings (SSSR count). The van der Waals surface area contributed by atoms with E-state index < -0.39 is 0 Å². The van der Waals surface area contributed by atoms with Crippen molar-refractivity contribution in [3.05, 3.63) is 111 Å². The van der Waals surface area contributed by atoms with Gasteiger partial charge in [0.25, 0.3) is 0 Å². The first-order valence-electron chi connectivity index (χ1n) is 16.1. The van der Waals surface area contributed by atoms with Crippen LogP contribution in [0.4, 0.5) is 0 Å². The third kappa shape index (κ3) is 5.33. The van der Waals surface area contributed by atoms with Crippen LogP contribution in [0.5, 0.6) is 23.0 Å². The van der Waals surface area contributed by atoms with Crippen molar-refractivity contribution in [2.24, 2.45) is 0 Å². The lowest BCUT2D eigenvalue weighted by molar-refractivity contribution is 0.413. The molecule has 0 amide bonds. The Balaban J connectivity index is 1.61. The molecule has 8 aromatic rings. The highest BCUT2D eigenvalue weighted by Gasteiger charge is 2.28. The first-order chi connectivity index (χ1) is 25.7. The van der Waals surface area contributed by atoms with Gasteiger partial charge in [-0.05, 0) is 58.7 Å². The molecule has 4 aromatic heterocycles. The maximum Gasteiger partial charge on any atom is 0.135 e. The fourth-order valence-electron chi connectivity index (χ4n) is 6.86. The Morgan fingerprint density at radius 3 is 0.923 bits per heavy atom. The predicted octanol–water partition coefficient (Wildman–Crippen LogP) is 7.52. The Labute approximate surface area is 298 Å². The number of hydrogen-bond acceptors (Lipinski definition) is 12. The molecular formula is C40H30N8O4. The molecule has 0 saturated heterocycles. The summed E-state index contributed by atoms with van der Waals surface area (Å²) >= 11 is 0. The lowest BCUT2D eigenvalue weighted by Crippen LogP contribution is -2.01. The van der Waals surface area contributed by atoms with Gasteiger partial charge in [-0.3, -0.25) is 0 Å². The standard InChI is InChI=1S/C40H30N8O4/c1-49-33-7-5-27(23-11-41-19-42-12-23)37-35(33)29(25-15-45-21-46-16-25)9-31(39(37)51-3)32-10-30(26-17-47-22-48-18-26)36-34(50-2)8-6-28(38(36)40(32)52-4)24-13-43-20-44-14-24/h5-22H,1-4H3. The molecule has 0 atom stereocenters. The number of benzene rings is 4. The Bertz CT molecular complexity index is 2380. The molecule has 254 valence electrons. The van der Waals surface area contributed by atoms with Gasteiger partial charge in [0, 0.05) is 105 Å². The minimum atomic E-state index is 0.578. The average Bonchev–Trinajstić information content (AvgIpc) is 3.22. The second kappa shape index (κ2) is 13.7. The first-order valence-corrected chi connectivity index (χ1v) is 16.1. The minimum absolute atomic E-state index is 0.578. The number of hydrogen-bond donors (Lipinski definition) is 0. The molecule has 12 heteroatoms. The van der Waals surface area contributed by atoms with Crippen molar-refractivity contribution in [2.75, 3.05) is 28.4 Å². The molecule has 0 aliphatic heterocycles. The van der Waals surface area contributed by atoms with Gasteiger partial charge in [0.05, 0.1) is 28.4 Å². The molecule has 4 heterocycles. The van der Waals surface area contributed by atoms with Gasteiger partial charge in [0.2, 0.25) is 0 Å². The van der Waals surface area contributed by atoms with E-state index in [1.165, 1.54) is 25.3 Å². The van der Waals surface area contributed by atoms with E-state index in [0.717, 1.165) is 77.2 Å². The summed E-state index contributed by atoms with van der Waals surface area (Å²) < 4.78 is 24.9. The summed E-state index contributed by atoms with van der Waals surface area (Å²) in [6.07, 6.45) is 20.2. The van der Waals surface area contributed by atoms with Crippen molar-refractivity contribution in [1.82, 2.24) is 39.9 Å². The number of methoxy groups -OCH3 is 4. The van der Waals surface area contributed by atoms with Crippen LogP contribution in [-0.4, -0.2) is 68.3 Å². The minimum Gasteiger partial charge on any atom is -0.496 e. The van der Waals surface area contributed by atoms with Gasteiger partial charge in [-0.2, -0.15) is 0 Å². The summed E-state index contributed by atoms with van der Waals surface area (Å²) in [5.74, 6) is 2.44. The summed E-state index contributed by atoms with van der Waals surface area (Å²) in [5, 5.41) is 3.17. The highest BCUT2D eigenvalue weighted by Crippen LogP contribution is 2.54. The summed E-state index contributed by atoms with van der Waals surface area (Å²) in [6.45, 7) is 0. The van der Waals surface area contributed by atoms with E-state index in [2.05, 4.69) is 52.0 Å². The van der Waals surface area contributed by atoms with Crippen LogP contribution in [-0.2, 0) is 0 Å². The average molecular weight is 687 g/mol.